The molecule has 1 amide bonds. The molecule has 1 aliphatic heterocycles. The third-order valence-electron chi connectivity index (χ3n) is 4.38. The van der Waals surface area contributed by atoms with Crippen LogP contribution in [0.25, 0.3) is 6.08 Å². The average Bonchev–Trinajstić information content (AvgIpc) is 2.93. The zero-order valence-corrected chi connectivity index (χ0v) is 17.3. The number of rotatable bonds is 5. The Kier molecular flexibility index (Phi) is 5.93. The van der Waals surface area contributed by atoms with Crippen LogP contribution in [0.5, 0.6) is 0 Å². The number of anilines is 1. The molecule has 3 rings (SSSR count). The quantitative estimate of drug-likeness (QED) is 0.283. The highest BCUT2D eigenvalue weighted by Crippen LogP contribution is 2.36. The fraction of sp³-hybridized carbons (Fsp3) is 0.143. The van der Waals surface area contributed by atoms with Gasteiger partial charge in [0.2, 0.25) is 0 Å². The van der Waals surface area contributed by atoms with Gasteiger partial charge in [0.15, 0.2) is 0 Å². The molecular formula is C21H17BrN2O5. The summed E-state index contributed by atoms with van der Waals surface area (Å²) in [6.45, 7) is 3.55. The van der Waals surface area contributed by atoms with Crippen molar-refractivity contribution in [2.75, 3.05) is 11.5 Å². The molecule has 2 aromatic rings. The Morgan fingerprint density at radius 1 is 1.17 bits per heavy atom. The number of carbonyl (C=O) groups excluding carboxylic acids is 2. The van der Waals surface area contributed by atoms with Gasteiger partial charge in [0.05, 0.1) is 22.7 Å². The van der Waals surface area contributed by atoms with Crippen molar-refractivity contribution in [2.24, 2.45) is 0 Å². The first-order valence-electron chi connectivity index (χ1n) is 8.78. The number of nitrogens with zero attached hydrogens (tertiary/aromatic N) is 2. The van der Waals surface area contributed by atoms with E-state index in [1.807, 2.05) is 0 Å². The summed E-state index contributed by atoms with van der Waals surface area (Å²) in [6.07, 6.45) is 1.54. The molecule has 0 radical (unpaired) electrons. The van der Waals surface area contributed by atoms with Crippen molar-refractivity contribution in [3.05, 3.63) is 85.5 Å². The molecule has 0 atom stereocenters. The first-order valence-corrected chi connectivity index (χ1v) is 9.57. The van der Waals surface area contributed by atoms with Crippen molar-refractivity contribution in [2.45, 2.75) is 13.8 Å². The maximum Gasteiger partial charge on any atom is 0.340 e. The molecule has 0 bridgehead atoms. The van der Waals surface area contributed by atoms with Gasteiger partial charge in [0.1, 0.15) is 0 Å². The lowest BCUT2D eigenvalue weighted by atomic mass is 10.0. The summed E-state index contributed by atoms with van der Waals surface area (Å²) in [6, 6.07) is 12.9. The van der Waals surface area contributed by atoms with E-state index in [9.17, 15) is 19.7 Å². The summed E-state index contributed by atoms with van der Waals surface area (Å²) in [5.74, 6) is -0.961. The molecule has 0 unspecified atom stereocenters. The van der Waals surface area contributed by atoms with Gasteiger partial charge in [-0.25, -0.2) is 4.79 Å². The van der Waals surface area contributed by atoms with Crippen molar-refractivity contribution in [3.8, 4) is 0 Å². The normalized spacial score (nSPS) is 15.2. The van der Waals surface area contributed by atoms with Crippen molar-refractivity contribution in [3.63, 3.8) is 0 Å². The lowest BCUT2D eigenvalue weighted by Gasteiger charge is -2.18. The summed E-state index contributed by atoms with van der Waals surface area (Å²) in [7, 11) is 0. The molecule has 0 aliphatic carbocycles. The predicted octanol–water partition coefficient (Wildman–Crippen LogP) is 4.62. The van der Waals surface area contributed by atoms with Crippen LogP contribution in [0.2, 0.25) is 0 Å². The Morgan fingerprint density at radius 2 is 1.79 bits per heavy atom. The smallest absolute Gasteiger partial charge is 0.340 e. The van der Waals surface area contributed by atoms with Crippen molar-refractivity contribution >= 4 is 45.3 Å². The molecule has 0 saturated carbocycles. The van der Waals surface area contributed by atoms with Gasteiger partial charge in [-0.15, -0.1) is 0 Å². The van der Waals surface area contributed by atoms with Crippen LogP contribution in [0.3, 0.4) is 0 Å². The third-order valence-corrected chi connectivity index (χ3v) is 4.91. The van der Waals surface area contributed by atoms with Crippen LogP contribution in [-0.2, 0) is 14.3 Å². The highest BCUT2D eigenvalue weighted by molar-refractivity contribution is 9.10. The number of benzene rings is 2. The van der Waals surface area contributed by atoms with E-state index >= 15 is 0 Å². The number of hydrogen-bond acceptors (Lipinski definition) is 5. The highest BCUT2D eigenvalue weighted by atomic mass is 79.9. The number of nitro groups is 1. The van der Waals surface area contributed by atoms with E-state index in [4.69, 9.17) is 4.74 Å². The Balaban J connectivity index is 2.08. The van der Waals surface area contributed by atoms with Crippen LogP contribution < -0.4 is 4.90 Å². The number of halogens is 1. The van der Waals surface area contributed by atoms with E-state index < -0.39 is 10.9 Å². The SMILES string of the molecule is CCOC(=O)C1=C(C)N(c2ccc(Br)cc2)C(=O)C1=Cc1ccc([N+](=O)[O-])cc1. The monoisotopic (exact) mass is 456 g/mol. The van der Waals surface area contributed by atoms with Gasteiger partial charge >= 0.3 is 5.97 Å². The maximum absolute atomic E-state index is 13.2. The molecular weight excluding hydrogens is 440 g/mol. The summed E-state index contributed by atoms with van der Waals surface area (Å²) in [5, 5.41) is 10.8. The van der Waals surface area contributed by atoms with Crippen LogP contribution >= 0.6 is 15.9 Å². The Morgan fingerprint density at radius 3 is 2.34 bits per heavy atom. The largest absolute Gasteiger partial charge is 0.462 e. The number of carbonyl (C=O) groups is 2. The van der Waals surface area contributed by atoms with Crippen LogP contribution in [0.15, 0.2) is 69.8 Å². The molecule has 2 aromatic carbocycles. The van der Waals surface area contributed by atoms with Gasteiger partial charge in [-0.05, 0) is 61.9 Å². The minimum Gasteiger partial charge on any atom is -0.462 e. The van der Waals surface area contributed by atoms with E-state index in [1.165, 1.54) is 29.2 Å². The summed E-state index contributed by atoms with van der Waals surface area (Å²) in [4.78, 5) is 37.6. The zero-order chi connectivity index (χ0) is 21.1. The summed E-state index contributed by atoms with van der Waals surface area (Å²) >= 11 is 3.36. The summed E-state index contributed by atoms with van der Waals surface area (Å²) < 4.78 is 6.02. The predicted molar refractivity (Wildman–Crippen MR) is 112 cm³/mol. The number of ether oxygens (including phenoxy) is 1. The topological polar surface area (TPSA) is 89.8 Å². The standard InChI is InChI=1S/C21H17BrN2O5/c1-3-29-21(26)19-13(2)23(16-10-6-15(22)7-11-16)20(25)18(19)12-14-4-8-17(9-5-14)24(27)28/h4-12H,3H2,1-2H3. The zero-order valence-electron chi connectivity index (χ0n) is 15.7. The second-order valence-electron chi connectivity index (χ2n) is 6.20. The lowest BCUT2D eigenvalue weighted by Crippen LogP contribution is -2.24. The van der Waals surface area contributed by atoms with Gasteiger partial charge in [0.25, 0.3) is 11.6 Å². The molecule has 148 valence electrons. The maximum atomic E-state index is 13.2. The Hall–Kier alpha value is -3.26. The van der Waals surface area contributed by atoms with Gasteiger partial charge in [0, 0.05) is 28.0 Å². The Bertz CT molecular complexity index is 1040. The summed E-state index contributed by atoms with van der Waals surface area (Å²) in [5.41, 5.74) is 1.94. The number of allylic oxidation sites excluding steroid dienone is 1. The molecule has 0 saturated heterocycles. The molecule has 0 aromatic heterocycles. The van der Waals surface area contributed by atoms with Gasteiger partial charge in [-0.2, -0.15) is 0 Å². The van der Waals surface area contributed by atoms with E-state index in [-0.39, 0.29) is 29.3 Å². The van der Waals surface area contributed by atoms with Gasteiger partial charge in [-0.3, -0.25) is 19.8 Å². The molecule has 1 aliphatic rings. The molecule has 0 spiro atoms. The van der Waals surface area contributed by atoms with E-state index in [2.05, 4.69) is 15.9 Å². The first kappa shape index (κ1) is 20.5. The number of hydrogen-bond donors (Lipinski definition) is 0. The lowest BCUT2D eigenvalue weighted by molar-refractivity contribution is -0.384. The highest BCUT2D eigenvalue weighted by Gasteiger charge is 2.38. The van der Waals surface area contributed by atoms with E-state index in [1.54, 1.807) is 44.2 Å². The third kappa shape index (κ3) is 4.12. The molecule has 29 heavy (non-hydrogen) atoms. The molecule has 0 fully saturated rings. The Labute approximate surface area is 175 Å². The van der Waals surface area contributed by atoms with Gasteiger partial charge < -0.3 is 4.74 Å². The molecule has 8 heteroatoms. The average molecular weight is 457 g/mol. The van der Waals surface area contributed by atoms with Crippen LogP contribution in [-0.4, -0.2) is 23.4 Å². The van der Waals surface area contributed by atoms with E-state index in [0.717, 1.165) is 4.47 Å². The van der Waals surface area contributed by atoms with Crippen molar-refractivity contribution in [1.82, 2.24) is 0 Å². The fourth-order valence-corrected chi connectivity index (χ4v) is 3.31. The van der Waals surface area contributed by atoms with Gasteiger partial charge in [-0.1, -0.05) is 15.9 Å². The van der Waals surface area contributed by atoms with Crippen LogP contribution in [0.4, 0.5) is 11.4 Å². The molecule has 7 nitrogen and oxygen atoms in total. The fourth-order valence-electron chi connectivity index (χ4n) is 3.04. The van der Waals surface area contributed by atoms with Crippen molar-refractivity contribution < 1.29 is 19.2 Å². The first-order chi connectivity index (χ1) is 13.8. The number of nitro benzene ring substituents is 1. The molecule has 0 N–H and O–H groups in total. The van der Waals surface area contributed by atoms with E-state index in [0.29, 0.717) is 16.9 Å². The minimum atomic E-state index is -0.592. The van der Waals surface area contributed by atoms with Crippen LogP contribution in [0, 0.1) is 10.1 Å². The minimum absolute atomic E-state index is 0.0567. The van der Waals surface area contributed by atoms with Crippen molar-refractivity contribution in [1.29, 1.82) is 0 Å². The number of non-ortho nitro benzene ring substituents is 1. The van der Waals surface area contributed by atoms with Crippen LogP contribution in [0.1, 0.15) is 19.4 Å². The molecule has 1 heterocycles. The number of amides is 1. The second-order valence-corrected chi connectivity index (χ2v) is 7.12. The second kappa shape index (κ2) is 8.40. The number of esters is 1.